The summed E-state index contributed by atoms with van der Waals surface area (Å²) >= 11 is 0. The summed E-state index contributed by atoms with van der Waals surface area (Å²) in [5.74, 6) is 0. The zero-order valence-electron chi connectivity index (χ0n) is 7.36. The minimum absolute atomic E-state index is 0.0359. The van der Waals surface area contributed by atoms with Crippen molar-refractivity contribution in [3.63, 3.8) is 0 Å². The zero-order valence-corrected chi connectivity index (χ0v) is 8.18. The van der Waals surface area contributed by atoms with E-state index in [4.69, 9.17) is 5.14 Å². The summed E-state index contributed by atoms with van der Waals surface area (Å²) in [6.07, 6.45) is 4.06. The largest absolute Gasteiger partial charge is 0.311 e. The Labute approximate surface area is 78.3 Å². The van der Waals surface area contributed by atoms with Crippen LogP contribution in [0.15, 0.2) is 0 Å². The lowest BCUT2D eigenvalue weighted by molar-refractivity contribution is 0.345. The third kappa shape index (κ3) is 2.40. The van der Waals surface area contributed by atoms with Gasteiger partial charge in [0.25, 0.3) is 10.2 Å². The molecule has 2 bridgehead atoms. The number of rotatable bonds is 2. The fourth-order valence-electron chi connectivity index (χ4n) is 2.39. The second-order valence-corrected chi connectivity index (χ2v) is 5.29. The van der Waals surface area contributed by atoms with Gasteiger partial charge in [-0.2, -0.15) is 13.1 Å². The van der Waals surface area contributed by atoms with Crippen LogP contribution in [0.5, 0.6) is 0 Å². The fourth-order valence-corrected chi connectivity index (χ4v) is 3.04. The molecule has 76 valence electrons. The normalized spacial score (nSPS) is 39.3. The summed E-state index contributed by atoms with van der Waals surface area (Å²) in [6.45, 7) is 0. The molecule has 2 aliphatic rings. The van der Waals surface area contributed by atoms with E-state index in [0.717, 1.165) is 25.7 Å². The highest BCUT2D eigenvalue weighted by Crippen LogP contribution is 2.26. The van der Waals surface area contributed by atoms with Crippen LogP contribution in [-0.4, -0.2) is 26.5 Å². The van der Waals surface area contributed by atoms with E-state index < -0.39 is 10.2 Å². The number of fused-ring (bicyclic) bond motifs is 2. The van der Waals surface area contributed by atoms with Crippen molar-refractivity contribution in [2.24, 2.45) is 5.14 Å². The van der Waals surface area contributed by atoms with Gasteiger partial charge in [-0.05, 0) is 25.7 Å². The highest BCUT2D eigenvalue weighted by Gasteiger charge is 2.34. The van der Waals surface area contributed by atoms with E-state index in [0.29, 0.717) is 12.1 Å². The number of piperidine rings is 1. The van der Waals surface area contributed by atoms with Gasteiger partial charge in [0.2, 0.25) is 0 Å². The molecule has 2 heterocycles. The van der Waals surface area contributed by atoms with Gasteiger partial charge < -0.3 is 5.32 Å². The molecule has 13 heavy (non-hydrogen) atoms. The number of hydrogen-bond acceptors (Lipinski definition) is 3. The summed E-state index contributed by atoms with van der Waals surface area (Å²) < 4.78 is 24.0. The predicted octanol–water partition coefficient (Wildman–Crippen LogP) is -0.937. The Kier molecular flexibility index (Phi) is 2.31. The van der Waals surface area contributed by atoms with E-state index >= 15 is 0 Å². The van der Waals surface area contributed by atoms with Crippen molar-refractivity contribution in [3.05, 3.63) is 0 Å². The van der Waals surface area contributed by atoms with Crippen LogP contribution < -0.4 is 15.2 Å². The summed E-state index contributed by atoms with van der Waals surface area (Å²) in [4.78, 5) is 0. The van der Waals surface area contributed by atoms with Gasteiger partial charge in [0, 0.05) is 18.1 Å². The van der Waals surface area contributed by atoms with Gasteiger partial charge in [-0.1, -0.05) is 0 Å². The molecule has 4 N–H and O–H groups in total. The Morgan fingerprint density at radius 3 is 2.23 bits per heavy atom. The van der Waals surface area contributed by atoms with Crippen molar-refractivity contribution in [3.8, 4) is 0 Å². The Hall–Kier alpha value is -0.170. The molecule has 0 aromatic carbocycles. The van der Waals surface area contributed by atoms with E-state index in [-0.39, 0.29) is 6.04 Å². The lowest BCUT2D eigenvalue weighted by atomic mass is 10.0. The van der Waals surface area contributed by atoms with Crippen LogP contribution in [0.2, 0.25) is 0 Å². The highest BCUT2D eigenvalue weighted by atomic mass is 32.2. The lowest BCUT2D eigenvalue weighted by Gasteiger charge is -2.28. The molecule has 2 aliphatic heterocycles. The molecule has 5 nitrogen and oxygen atoms in total. The van der Waals surface area contributed by atoms with Gasteiger partial charge in [-0.15, -0.1) is 0 Å². The van der Waals surface area contributed by atoms with Crippen molar-refractivity contribution in [1.82, 2.24) is 10.0 Å². The highest BCUT2D eigenvalue weighted by molar-refractivity contribution is 7.87. The first kappa shape index (κ1) is 9.39. The van der Waals surface area contributed by atoms with E-state index in [1.54, 1.807) is 0 Å². The van der Waals surface area contributed by atoms with Gasteiger partial charge >= 0.3 is 0 Å². The molecule has 2 unspecified atom stereocenters. The minimum atomic E-state index is -3.52. The third-order valence-corrected chi connectivity index (χ3v) is 3.47. The van der Waals surface area contributed by atoms with Crippen LogP contribution in [0.3, 0.4) is 0 Å². The topological polar surface area (TPSA) is 84.2 Å². The molecule has 2 fully saturated rings. The molecular formula is C7H15N3O2S. The average molecular weight is 205 g/mol. The zero-order chi connectivity index (χ0) is 9.47. The summed E-state index contributed by atoms with van der Waals surface area (Å²) in [7, 11) is -3.52. The van der Waals surface area contributed by atoms with Gasteiger partial charge in [0.1, 0.15) is 0 Å². The molecule has 2 atom stereocenters. The minimum Gasteiger partial charge on any atom is -0.311 e. The Morgan fingerprint density at radius 2 is 1.77 bits per heavy atom. The first-order valence-electron chi connectivity index (χ1n) is 4.59. The summed E-state index contributed by atoms with van der Waals surface area (Å²) in [6, 6.07) is 1.00. The van der Waals surface area contributed by atoms with E-state index in [9.17, 15) is 8.42 Å². The van der Waals surface area contributed by atoms with Crippen molar-refractivity contribution in [1.29, 1.82) is 0 Å². The van der Waals surface area contributed by atoms with Gasteiger partial charge in [-0.3, -0.25) is 0 Å². The van der Waals surface area contributed by atoms with Gasteiger partial charge in [-0.25, -0.2) is 5.14 Å². The monoisotopic (exact) mass is 205 g/mol. The molecule has 0 amide bonds. The van der Waals surface area contributed by atoms with Crippen LogP contribution in [0.25, 0.3) is 0 Å². The Bertz CT molecular complexity index is 278. The summed E-state index contributed by atoms with van der Waals surface area (Å²) in [5, 5.41) is 8.35. The van der Waals surface area contributed by atoms with Crippen LogP contribution >= 0.6 is 0 Å². The smallest absolute Gasteiger partial charge is 0.274 e. The number of nitrogens with two attached hydrogens (primary N) is 1. The molecule has 0 radical (unpaired) electrons. The molecule has 2 rings (SSSR count). The van der Waals surface area contributed by atoms with Crippen molar-refractivity contribution in [2.75, 3.05) is 0 Å². The number of hydrogen-bond donors (Lipinski definition) is 3. The van der Waals surface area contributed by atoms with Crippen LogP contribution in [0, 0.1) is 0 Å². The first-order chi connectivity index (χ1) is 6.03. The fraction of sp³-hybridized carbons (Fsp3) is 1.00. The number of nitrogens with one attached hydrogen (secondary N) is 2. The van der Waals surface area contributed by atoms with Gasteiger partial charge in [0.05, 0.1) is 0 Å². The Morgan fingerprint density at radius 1 is 1.23 bits per heavy atom. The standard InChI is InChI=1S/C7H15N3O2S/c8-13(11,12)10-7-3-5-1-2-6(4-7)9-5/h5-7,9-10H,1-4H2,(H2,8,11,12). The van der Waals surface area contributed by atoms with E-state index in [1.165, 1.54) is 0 Å². The van der Waals surface area contributed by atoms with Gasteiger partial charge in [0.15, 0.2) is 0 Å². The third-order valence-electron chi connectivity index (χ3n) is 2.80. The van der Waals surface area contributed by atoms with E-state index in [1.807, 2.05) is 0 Å². The van der Waals surface area contributed by atoms with Crippen molar-refractivity contribution < 1.29 is 8.42 Å². The van der Waals surface area contributed by atoms with Crippen LogP contribution in [0.4, 0.5) is 0 Å². The average Bonchev–Trinajstić information content (AvgIpc) is 2.27. The maximum atomic E-state index is 10.8. The van der Waals surface area contributed by atoms with Crippen molar-refractivity contribution >= 4 is 10.2 Å². The van der Waals surface area contributed by atoms with Crippen LogP contribution in [-0.2, 0) is 10.2 Å². The SMILES string of the molecule is NS(=O)(=O)NC1CC2CCC(C1)N2. The maximum Gasteiger partial charge on any atom is 0.274 e. The second kappa shape index (κ2) is 3.20. The lowest BCUT2D eigenvalue weighted by Crippen LogP contribution is -2.49. The molecule has 6 heteroatoms. The maximum absolute atomic E-state index is 10.8. The molecule has 0 aromatic heterocycles. The first-order valence-corrected chi connectivity index (χ1v) is 6.13. The Balaban J connectivity index is 1.96. The molecular weight excluding hydrogens is 190 g/mol. The van der Waals surface area contributed by atoms with Crippen LogP contribution in [0.1, 0.15) is 25.7 Å². The molecule has 0 saturated carbocycles. The quantitative estimate of drug-likeness (QED) is 0.544. The molecule has 2 saturated heterocycles. The van der Waals surface area contributed by atoms with Crippen molar-refractivity contribution in [2.45, 2.75) is 43.8 Å². The predicted molar refractivity (Wildman–Crippen MR) is 49.2 cm³/mol. The summed E-state index contributed by atoms with van der Waals surface area (Å²) in [5.41, 5.74) is 0. The molecule has 0 spiro atoms. The molecule has 0 aliphatic carbocycles. The molecule has 0 aromatic rings. The van der Waals surface area contributed by atoms with E-state index in [2.05, 4.69) is 10.0 Å². The second-order valence-electron chi connectivity index (χ2n) is 3.97.